The van der Waals surface area contributed by atoms with Crippen molar-refractivity contribution in [1.29, 1.82) is 0 Å². The van der Waals surface area contributed by atoms with E-state index < -0.39 is 21.7 Å². The van der Waals surface area contributed by atoms with E-state index in [1.54, 1.807) is 4.90 Å². The largest absolute Gasteiger partial charge is 0.376 e. The smallest absolute Gasteiger partial charge is 0.243 e. The molecule has 1 unspecified atom stereocenters. The van der Waals surface area contributed by atoms with Gasteiger partial charge in [-0.05, 0) is 68.9 Å². The summed E-state index contributed by atoms with van der Waals surface area (Å²) in [6.45, 7) is 5.34. The quantitative estimate of drug-likeness (QED) is 0.441. The van der Waals surface area contributed by atoms with Crippen LogP contribution in [0.2, 0.25) is 0 Å². The molecule has 37 heavy (non-hydrogen) atoms. The van der Waals surface area contributed by atoms with E-state index in [1.165, 1.54) is 15.6 Å². The van der Waals surface area contributed by atoms with E-state index in [0.29, 0.717) is 37.2 Å². The molecule has 11 heteroatoms. The number of fused-ring (bicyclic) bond motifs is 1. The number of benzene rings is 2. The maximum atomic E-state index is 13.8. The summed E-state index contributed by atoms with van der Waals surface area (Å²) in [5.41, 5.74) is 3.03. The zero-order valence-electron chi connectivity index (χ0n) is 20.7. The van der Waals surface area contributed by atoms with E-state index in [9.17, 15) is 22.0 Å². The van der Waals surface area contributed by atoms with Crippen LogP contribution in [-0.4, -0.2) is 56.0 Å². The van der Waals surface area contributed by atoms with Crippen LogP contribution in [0.15, 0.2) is 35.2 Å². The van der Waals surface area contributed by atoms with Crippen molar-refractivity contribution in [3.8, 4) is 0 Å². The predicted octanol–water partition coefficient (Wildman–Crippen LogP) is 4.80. The summed E-state index contributed by atoms with van der Waals surface area (Å²) >= 11 is 1.49. The minimum absolute atomic E-state index is 0.0630. The number of carbonyl (C=O) groups is 1. The van der Waals surface area contributed by atoms with Crippen LogP contribution in [0.1, 0.15) is 36.8 Å². The van der Waals surface area contributed by atoms with Crippen molar-refractivity contribution < 1.29 is 26.7 Å². The third-order valence-corrected chi connectivity index (χ3v) is 10.3. The van der Waals surface area contributed by atoms with Crippen molar-refractivity contribution in [2.24, 2.45) is 5.92 Å². The van der Waals surface area contributed by atoms with Gasteiger partial charge in [0, 0.05) is 25.6 Å². The second-order valence-electron chi connectivity index (χ2n) is 9.71. The summed E-state index contributed by atoms with van der Waals surface area (Å²) in [6, 6.07) is 6.64. The van der Waals surface area contributed by atoms with Crippen LogP contribution in [0.5, 0.6) is 0 Å². The second kappa shape index (κ2) is 10.4. The molecule has 5 rings (SSSR count). The number of carbonyl (C=O) groups excluding carboxylic acids is 1. The molecule has 2 aliphatic rings. The number of rotatable bonds is 6. The van der Waals surface area contributed by atoms with E-state index in [4.69, 9.17) is 9.72 Å². The Morgan fingerprint density at radius 3 is 2.49 bits per heavy atom. The number of nitrogens with zero attached hydrogens (tertiary/aromatic N) is 3. The first-order valence-electron chi connectivity index (χ1n) is 12.4. The summed E-state index contributed by atoms with van der Waals surface area (Å²) < 4.78 is 61.1. The lowest BCUT2D eigenvalue weighted by molar-refractivity contribution is -0.123. The number of hydrogen-bond acceptors (Lipinski definition) is 6. The van der Waals surface area contributed by atoms with E-state index in [1.807, 2.05) is 19.9 Å². The Hall–Kier alpha value is -2.47. The van der Waals surface area contributed by atoms with E-state index in [-0.39, 0.29) is 35.9 Å². The van der Waals surface area contributed by atoms with Gasteiger partial charge in [0.25, 0.3) is 0 Å². The lowest BCUT2D eigenvalue weighted by atomic mass is 9.96. The first kappa shape index (κ1) is 26.1. The molecule has 0 radical (unpaired) electrons. The van der Waals surface area contributed by atoms with Crippen molar-refractivity contribution in [2.45, 2.75) is 50.5 Å². The monoisotopic (exact) mass is 549 g/mol. The van der Waals surface area contributed by atoms with Crippen LogP contribution in [0, 0.1) is 31.4 Å². The molecular weight excluding hydrogens is 520 g/mol. The van der Waals surface area contributed by atoms with Gasteiger partial charge < -0.3 is 4.74 Å². The molecule has 0 saturated carbocycles. The fraction of sp³-hybridized carbons (Fsp3) is 0.462. The standard InChI is InChI=1S/C26H29F2N3O4S2/c1-16-5-6-17(2)24-23(16)29-26(36-24)31(15-19-4-3-13-35-19)25(32)18-9-11-30(12-10-18)37(33,34)20-7-8-21(27)22(28)14-20/h5-8,14,18-19H,3-4,9-13,15H2,1-2H3. The molecule has 1 amide bonds. The zero-order chi connectivity index (χ0) is 26.3. The van der Waals surface area contributed by atoms with Gasteiger partial charge in [0.15, 0.2) is 16.8 Å². The summed E-state index contributed by atoms with van der Waals surface area (Å²) in [7, 11) is -4.00. The number of anilines is 1. The maximum absolute atomic E-state index is 13.8. The summed E-state index contributed by atoms with van der Waals surface area (Å²) in [4.78, 5) is 20.1. The molecular formula is C26H29F2N3O4S2. The normalized spacial score (nSPS) is 19.5. The van der Waals surface area contributed by atoms with Crippen LogP contribution >= 0.6 is 11.3 Å². The average Bonchev–Trinajstić information content (AvgIpc) is 3.57. The van der Waals surface area contributed by atoms with Crippen molar-refractivity contribution >= 4 is 42.6 Å². The van der Waals surface area contributed by atoms with Crippen LogP contribution in [-0.2, 0) is 19.6 Å². The Bertz CT molecular complexity index is 1390. The van der Waals surface area contributed by atoms with Gasteiger partial charge in [0.05, 0.1) is 27.8 Å². The van der Waals surface area contributed by atoms with E-state index in [2.05, 4.69) is 6.07 Å². The lowest BCUT2D eigenvalue weighted by Gasteiger charge is -2.33. The number of hydrogen-bond donors (Lipinski definition) is 0. The molecule has 1 atom stereocenters. The van der Waals surface area contributed by atoms with Crippen molar-refractivity contribution in [3.05, 3.63) is 53.1 Å². The lowest BCUT2D eigenvalue weighted by Crippen LogP contribution is -2.46. The highest BCUT2D eigenvalue weighted by Gasteiger charge is 2.36. The number of sulfonamides is 1. The Labute approximate surface area is 219 Å². The van der Waals surface area contributed by atoms with Gasteiger partial charge in [-0.15, -0.1) is 0 Å². The Balaban J connectivity index is 1.36. The van der Waals surface area contributed by atoms with Gasteiger partial charge in [0.2, 0.25) is 15.9 Å². The molecule has 2 aromatic carbocycles. The molecule has 0 spiro atoms. The summed E-state index contributed by atoms with van der Waals surface area (Å²) in [5, 5.41) is 0.629. The fourth-order valence-electron chi connectivity index (χ4n) is 4.97. The number of aryl methyl sites for hydroxylation is 2. The minimum atomic E-state index is -4.00. The minimum Gasteiger partial charge on any atom is -0.376 e. The Kier molecular flexibility index (Phi) is 7.32. The number of ether oxygens (including phenoxy) is 1. The average molecular weight is 550 g/mol. The Morgan fingerprint density at radius 2 is 1.84 bits per heavy atom. The molecule has 1 aromatic heterocycles. The van der Waals surface area contributed by atoms with Crippen molar-refractivity contribution in [2.75, 3.05) is 31.1 Å². The molecule has 0 bridgehead atoms. The highest BCUT2D eigenvalue weighted by Crippen LogP contribution is 2.35. The highest BCUT2D eigenvalue weighted by molar-refractivity contribution is 7.89. The number of amides is 1. The molecule has 0 aliphatic carbocycles. The van der Waals surface area contributed by atoms with Crippen molar-refractivity contribution in [1.82, 2.24) is 9.29 Å². The zero-order valence-corrected chi connectivity index (χ0v) is 22.4. The van der Waals surface area contributed by atoms with Crippen LogP contribution < -0.4 is 4.90 Å². The number of piperidine rings is 1. The predicted molar refractivity (Wildman–Crippen MR) is 138 cm³/mol. The first-order chi connectivity index (χ1) is 17.6. The van der Waals surface area contributed by atoms with Crippen LogP contribution in [0.3, 0.4) is 0 Å². The van der Waals surface area contributed by atoms with Crippen molar-refractivity contribution in [3.63, 3.8) is 0 Å². The van der Waals surface area contributed by atoms with E-state index in [0.717, 1.165) is 46.3 Å². The third-order valence-electron chi connectivity index (χ3n) is 7.17. The maximum Gasteiger partial charge on any atom is 0.243 e. The number of thiazole rings is 1. The van der Waals surface area contributed by atoms with Gasteiger partial charge >= 0.3 is 0 Å². The number of aromatic nitrogens is 1. The molecule has 2 fully saturated rings. The molecule has 2 aliphatic heterocycles. The van der Waals surface area contributed by atoms with Crippen LogP contribution in [0.4, 0.5) is 13.9 Å². The van der Waals surface area contributed by atoms with Gasteiger partial charge in [0.1, 0.15) is 0 Å². The topological polar surface area (TPSA) is 79.8 Å². The molecule has 3 heterocycles. The molecule has 3 aromatic rings. The summed E-state index contributed by atoms with van der Waals surface area (Å²) in [5.74, 6) is -2.78. The molecule has 198 valence electrons. The SMILES string of the molecule is Cc1ccc(C)c2sc(N(CC3CCCO3)C(=O)C3CCN(S(=O)(=O)c4ccc(F)c(F)c4)CC3)nc12. The first-order valence-corrected chi connectivity index (χ1v) is 14.7. The number of halogens is 2. The fourth-order valence-corrected chi connectivity index (χ4v) is 7.58. The molecule has 0 N–H and O–H groups in total. The Morgan fingerprint density at radius 1 is 1.11 bits per heavy atom. The summed E-state index contributed by atoms with van der Waals surface area (Å²) in [6.07, 6.45) is 2.41. The van der Waals surface area contributed by atoms with Gasteiger partial charge in [-0.3, -0.25) is 9.69 Å². The van der Waals surface area contributed by atoms with E-state index >= 15 is 0 Å². The second-order valence-corrected chi connectivity index (χ2v) is 12.6. The van der Waals surface area contributed by atoms with Crippen LogP contribution in [0.25, 0.3) is 10.2 Å². The van der Waals surface area contributed by atoms with Gasteiger partial charge in [-0.2, -0.15) is 4.31 Å². The molecule has 7 nitrogen and oxygen atoms in total. The third kappa shape index (κ3) is 5.14. The van der Waals surface area contributed by atoms with Gasteiger partial charge in [-0.1, -0.05) is 23.5 Å². The highest BCUT2D eigenvalue weighted by atomic mass is 32.2. The molecule has 2 saturated heterocycles. The van der Waals surface area contributed by atoms with Gasteiger partial charge in [-0.25, -0.2) is 22.2 Å².